The SMILES string of the molecule is Cc1cccc(-n2c(SCC(=O)NOCc3ccccc3)nc3ccccc3c2=O)c1C. The molecule has 32 heavy (non-hydrogen) atoms. The van der Waals surface area contributed by atoms with Crippen LogP contribution in [-0.4, -0.2) is 21.2 Å². The van der Waals surface area contributed by atoms with E-state index >= 15 is 0 Å². The highest BCUT2D eigenvalue weighted by Gasteiger charge is 2.16. The Kier molecular flexibility index (Phi) is 6.68. The van der Waals surface area contributed by atoms with Crippen molar-refractivity contribution < 1.29 is 9.63 Å². The number of para-hydroxylation sites is 1. The predicted octanol–water partition coefficient (Wildman–Crippen LogP) is 4.34. The summed E-state index contributed by atoms with van der Waals surface area (Å²) in [6.45, 7) is 4.26. The Morgan fingerprint density at radius 1 is 1.00 bits per heavy atom. The van der Waals surface area contributed by atoms with Crippen LogP contribution < -0.4 is 11.0 Å². The number of carbonyl (C=O) groups is 1. The van der Waals surface area contributed by atoms with Gasteiger partial charge in [-0.1, -0.05) is 66.4 Å². The van der Waals surface area contributed by atoms with Crippen molar-refractivity contribution in [2.45, 2.75) is 25.6 Å². The van der Waals surface area contributed by atoms with Crippen LogP contribution in [-0.2, 0) is 16.2 Å². The van der Waals surface area contributed by atoms with E-state index in [0.29, 0.717) is 16.1 Å². The zero-order chi connectivity index (χ0) is 22.5. The van der Waals surface area contributed by atoms with Crippen molar-refractivity contribution in [1.29, 1.82) is 0 Å². The topological polar surface area (TPSA) is 73.2 Å². The number of hydroxylamine groups is 1. The lowest BCUT2D eigenvalue weighted by Gasteiger charge is -2.16. The molecule has 0 spiro atoms. The first-order chi connectivity index (χ1) is 15.5. The highest BCUT2D eigenvalue weighted by atomic mass is 32.2. The molecule has 0 saturated heterocycles. The fraction of sp³-hybridized carbons (Fsp3) is 0.160. The van der Waals surface area contributed by atoms with E-state index in [9.17, 15) is 9.59 Å². The van der Waals surface area contributed by atoms with Crippen molar-refractivity contribution in [2.24, 2.45) is 0 Å². The van der Waals surface area contributed by atoms with Crippen molar-refractivity contribution in [3.63, 3.8) is 0 Å². The van der Waals surface area contributed by atoms with Crippen molar-refractivity contribution in [1.82, 2.24) is 15.0 Å². The molecular weight excluding hydrogens is 422 g/mol. The van der Waals surface area contributed by atoms with Crippen LogP contribution in [0.4, 0.5) is 0 Å². The van der Waals surface area contributed by atoms with E-state index in [0.717, 1.165) is 22.4 Å². The first-order valence-corrected chi connectivity index (χ1v) is 11.2. The summed E-state index contributed by atoms with van der Waals surface area (Å²) in [6, 6.07) is 22.6. The number of aryl methyl sites for hydroxylation is 1. The summed E-state index contributed by atoms with van der Waals surface area (Å²) >= 11 is 1.20. The molecule has 162 valence electrons. The average Bonchev–Trinajstić information content (AvgIpc) is 2.81. The molecule has 0 fully saturated rings. The lowest BCUT2D eigenvalue weighted by Crippen LogP contribution is -2.27. The quantitative estimate of drug-likeness (QED) is 0.260. The van der Waals surface area contributed by atoms with Gasteiger partial charge in [0.25, 0.3) is 11.5 Å². The van der Waals surface area contributed by atoms with Crippen LogP contribution >= 0.6 is 11.8 Å². The number of nitrogens with zero attached hydrogens (tertiary/aromatic N) is 2. The summed E-state index contributed by atoms with van der Waals surface area (Å²) in [5.74, 6) is -0.245. The third-order valence-electron chi connectivity index (χ3n) is 5.16. The number of fused-ring (bicyclic) bond motifs is 1. The molecule has 7 heteroatoms. The molecule has 1 N–H and O–H groups in total. The Bertz CT molecular complexity index is 1320. The maximum atomic E-state index is 13.4. The molecule has 0 aliphatic rings. The molecule has 0 bridgehead atoms. The second-order valence-corrected chi connectivity index (χ2v) is 8.30. The van der Waals surface area contributed by atoms with Crippen LogP contribution in [0.1, 0.15) is 16.7 Å². The Labute approximate surface area is 190 Å². The molecule has 6 nitrogen and oxygen atoms in total. The van der Waals surface area contributed by atoms with Gasteiger partial charge in [0.15, 0.2) is 5.16 Å². The fourth-order valence-electron chi connectivity index (χ4n) is 3.33. The minimum atomic E-state index is -0.305. The van der Waals surface area contributed by atoms with Gasteiger partial charge in [0.2, 0.25) is 0 Å². The maximum Gasteiger partial charge on any atom is 0.266 e. The highest BCUT2D eigenvalue weighted by Crippen LogP contribution is 2.24. The van der Waals surface area contributed by atoms with Gasteiger partial charge in [-0.15, -0.1) is 0 Å². The molecule has 0 aliphatic heterocycles. The number of benzene rings is 3. The number of hydrogen-bond donors (Lipinski definition) is 1. The van der Waals surface area contributed by atoms with E-state index in [-0.39, 0.29) is 23.8 Å². The van der Waals surface area contributed by atoms with Crippen molar-refractivity contribution in [3.8, 4) is 5.69 Å². The number of aromatic nitrogens is 2. The summed E-state index contributed by atoms with van der Waals surface area (Å²) in [6.07, 6.45) is 0. The van der Waals surface area contributed by atoms with Gasteiger partial charge in [0, 0.05) is 0 Å². The van der Waals surface area contributed by atoms with E-state index < -0.39 is 0 Å². The third-order valence-corrected chi connectivity index (χ3v) is 6.10. The molecule has 3 aromatic carbocycles. The number of rotatable bonds is 7. The van der Waals surface area contributed by atoms with E-state index in [4.69, 9.17) is 4.84 Å². The molecule has 0 unspecified atom stereocenters. The summed E-state index contributed by atoms with van der Waals surface area (Å²) in [7, 11) is 0. The summed E-state index contributed by atoms with van der Waals surface area (Å²) < 4.78 is 1.59. The molecule has 1 amide bonds. The number of amides is 1. The first kappa shape index (κ1) is 21.8. The first-order valence-electron chi connectivity index (χ1n) is 10.2. The van der Waals surface area contributed by atoms with E-state index in [2.05, 4.69) is 10.5 Å². The molecule has 0 radical (unpaired) electrons. The van der Waals surface area contributed by atoms with Crippen LogP contribution in [0.3, 0.4) is 0 Å². The van der Waals surface area contributed by atoms with Crippen molar-refractivity contribution in [2.75, 3.05) is 5.75 Å². The minimum Gasteiger partial charge on any atom is -0.272 e. The second-order valence-electron chi connectivity index (χ2n) is 7.36. The van der Waals surface area contributed by atoms with Gasteiger partial charge >= 0.3 is 0 Å². The van der Waals surface area contributed by atoms with E-state index in [1.807, 2.05) is 74.5 Å². The molecule has 0 atom stereocenters. The van der Waals surface area contributed by atoms with Crippen molar-refractivity contribution in [3.05, 3.63) is 99.8 Å². The fourth-order valence-corrected chi connectivity index (χ4v) is 4.13. The second kappa shape index (κ2) is 9.80. The molecule has 0 aliphatic carbocycles. The summed E-state index contributed by atoms with van der Waals surface area (Å²) in [4.78, 5) is 35.7. The summed E-state index contributed by atoms with van der Waals surface area (Å²) in [5, 5.41) is 0.994. The number of nitrogens with one attached hydrogen (secondary N) is 1. The van der Waals surface area contributed by atoms with E-state index in [1.54, 1.807) is 16.7 Å². The van der Waals surface area contributed by atoms with Gasteiger partial charge in [0.05, 0.1) is 29.0 Å². The van der Waals surface area contributed by atoms with Gasteiger partial charge in [-0.05, 0) is 48.7 Å². The lowest BCUT2D eigenvalue weighted by atomic mass is 10.1. The molecule has 4 aromatic rings. The third kappa shape index (κ3) is 4.74. The van der Waals surface area contributed by atoms with Gasteiger partial charge in [-0.25, -0.2) is 10.5 Å². The zero-order valence-electron chi connectivity index (χ0n) is 17.9. The van der Waals surface area contributed by atoms with Crippen LogP contribution in [0.5, 0.6) is 0 Å². The molecular formula is C25H23N3O3S. The van der Waals surface area contributed by atoms with Gasteiger partial charge in [0.1, 0.15) is 0 Å². The number of carbonyl (C=O) groups excluding carboxylic acids is 1. The van der Waals surface area contributed by atoms with E-state index in [1.165, 1.54) is 11.8 Å². The molecule has 1 heterocycles. The zero-order valence-corrected chi connectivity index (χ0v) is 18.7. The Hall–Kier alpha value is -3.42. The molecule has 1 aromatic heterocycles. The predicted molar refractivity (Wildman–Crippen MR) is 127 cm³/mol. The van der Waals surface area contributed by atoms with Gasteiger partial charge < -0.3 is 0 Å². The average molecular weight is 446 g/mol. The normalized spacial score (nSPS) is 10.9. The lowest BCUT2D eigenvalue weighted by molar-refractivity contribution is -0.131. The maximum absolute atomic E-state index is 13.4. The van der Waals surface area contributed by atoms with Crippen LogP contribution in [0, 0.1) is 13.8 Å². The van der Waals surface area contributed by atoms with Crippen LogP contribution in [0.15, 0.2) is 82.7 Å². The number of thioether (sulfide) groups is 1. The Morgan fingerprint density at radius 3 is 2.56 bits per heavy atom. The highest BCUT2D eigenvalue weighted by molar-refractivity contribution is 7.99. The largest absolute Gasteiger partial charge is 0.272 e. The Balaban J connectivity index is 1.58. The van der Waals surface area contributed by atoms with Gasteiger partial charge in [-0.3, -0.25) is 19.0 Å². The Morgan fingerprint density at radius 2 is 1.75 bits per heavy atom. The van der Waals surface area contributed by atoms with Gasteiger partial charge in [-0.2, -0.15) is 0 Å². The molecule has 4 rings (SSSR count). The van der Waals surface area contributed by atoms with Crippen LogP contribution in [0.2, 0.25) is 0 Å². The molecule has 0 saturated carbocycles. The minimum absolute atomic E-state index is 0.0600. The summed E-state index contributed by atoms with van der Waals surface area (Å²) in [5.41, 5.74) is 6.68. The standard InChI is InChI=1S/C25H23N3O3S/c1-17-9-8-14-22(18(17)2)28-24(30)20-12-6-7-13-21(20)26-25(28)32-16-23(29)27-31-15-19-10-4-3-5-11-19/h3-14H,15-16H2,1-2H3,(H,27,29). The van der Waals surface area contributed by atoms with Crippen LogP contribution in [0.25, 0.3) is 16.6 Å². The smallest absolute Gasteiger partial charge is 0.266 e. The number of hydrogen-bond acceptors (Lipinski definition) is 5. The van der Waals surface area contributed by atoms with Crippen molar-refractivity contribution >= 4 is 28.6 Å². The monoisotopic (exact) mass is 445 g/mol.